The van der Waals surface area contributed by atoms with Gasteiger partial charge in [0.25, 0.3) is 0 Å². The molecule has 0 aliphatic rings. The Labute approximate surface area is 143 Å². The van der Waals surface area contributed by atoms with Crippen LogP contribution in [0.4, 0.5) is 4.79 Å². The lowest BCUT2D eigenvalue weighted by Crippen LogP contribution is -2.45. The van der Waals surface area contributed by atoms with Gasteiger partial charge in [-0.3, -0.25) is 0 Å². The maximum absolute atomic E-state index is 11.7. The van der Waals surface area contributed by atoms with E-state index in [0.717, 1.165) is 5.56 Å². The first kappa shape index (κ1) is 20.0. The summed E-state index contributed by atoms with van der Waals surface area (Å²) in [6.45, 7) is 10.7. The number of hydrogen-bond acceptors (Lipinski definition) is 4. The average Bonchev–Trinajstić information content (AvgIpc) is 2.45. The van der Waals surface area contributed by atoms with E-state index >= 15 is 0 Å². The summed E-state index contributed by atoms with van der Waals surface area (Å²) in [5.41, 5.74) is 0.741. The average molecular weight is 336 g/mol. The topological polar surface area (TPSA) is 87.7 Å². The van der Waals surface area contributed by atoms with Gasteiger partial charge >= 0.3 is 12.1 Å². The van der Waals surface area contributed by atoms with Crippen LogP contribution in [0.5, 0.6) is 0 Å². The minimum atomic E-state index is -0.934. The van der Waals surface area contributed by atoms with E-state index in [2.05, 4.69) is 24.5 Å². The van der Waals surface area contributed by atoms with E-state index in [9.17, 15) is 9.59 Å². The molecule has 6 nitrogen and oxygen atoms in total. The van der Waals surface area contributed by atoms with Gasteiger partial charge in [0.1, 0.15) is 5.60 Å². The zero-order valence-electron chi connectivity index (χ0n) is 15.1. The lowest BCUT2D eigenvalue weighted by Gasteiger charge is -2.25. The Hall–Kier alpha value is -2.08. The second-order valence-corrected chi connectivity index (χ2v) is 7.12. The van der Waals surface area contributed by atoms with Crippen molar-refractivity contribution >= 4 is 12.1 Å². The summed E-state index contributed by atoms with van der Waals surface area (Å²) >= 11 is 0. The first-order chi connectivity index (χ1) is 11.1. The van der Waals surface area contributed by atoms with Crippen LogP contribution in [-0.4, -0.2) is 35.4 Å². The number of alkyl carbamates (subject to hydrolysis) is 1. The van der Waals surface area contributed by atoms with Gasteiger partial charge in [0.2, 0.25) is 0 Å². The molecule has 3 N–H and O–H groups in total. The van der Waals surface area contributed by atoms with Gasteiger partial charge in [-0.15, -0.1) is 0 Å². The Morgan fingerprint density at radius 2 is 1.75 bits per heavy atom. The Bertz CT molecular complexity index is 547. The number of nitrogens with one attached hydrogen (secondary N) is 2. The minimum absolute atomic E-state index is 0.0802. The monoisotopic (exact) mass is 336 g/mol. The zero-order chi connectivity index (χ0) is 18.3. The summed E-state index contributed by atoms with van der Waals surface area (Å²) in [6, 6.07) is 6.83. The molecule has 1 atom stereocenters. The summed E-state index contributed by atoms with van der Waals surface area (Å²) in [6.07, 6.45) is -0.430. The maximum Gasteiger partial charge on any atom is 0.407 e. The lowest BCUT2D eigenvalue weighted by atomic mass is 10.0. The smallest absolute Gasteiger partial charge is 0.407 e. The summed E-state index contributed by atoms with van der Waals surface area (Å²) in [4.78, 5) is 22.6. The number of ether oxygens (including phenoxy) is 1. The SMILES string of the molecule is CC(C)C(CNC(=O)OC(C)(C)C)NCc1ccc(C(=O)O)cc1. The number of carbonyl (C=O) groups excluding carboxylic acids is 1. The first-order valence-corrected chi connectivity index (χ1v) is 8.11. The lowest BCUT2D eigenvalue weighted by molar-refractivity contribution is 0.0518. The zero-order valence-corrected chi connectivity index (χ0v) is 15.1. The number of benzene rings is 1. The minimum Gasteiger partial charge on any atom is -0.478 e. The summed E-state index contributed by atoms with van der Waals surface area (Å²) in [5, 5.41) is 15.1. The summed E-state index contributed by atoms with van der Waals surface area (Å²) < 4.78 is 5.23. The molecule has 6 heteroatoms. The maximum atomic E-state index is 11.7. The third-order valence-electron chi connectivity index (χ3n) is 3.44. The standard InChI is InChI=1S/C18H28N2O4/c1-12(2)15(11-20-17(23)24-18(3,4)5)19-10-13-6-8-14(9-7-13)16(21)22/h6-9,12,15,19H,10-11H2,1-5H3,(H,20,23)(H,21,22). The van der Waals surface area contributed by atoms with Crippen LogP contribution >= 0.6 is 0 Å². The highest BCUT2D eigenvalue weighted by Gasteiger charge is 2.18. The Morgan fingerprint density at radius 3 is 2.21 bits per heavy atom. The number of hydrogen-bond donors (Lipinski definition) is 3. The van der Waals surface area contributed by atoms with Gasteiger partial charge in [0, 0.05) is 19.1 Å². The van der Waals surface area contributed by atoms with Gasteiger partial charge in [0.05, 0.1) is 5.56 Å². The van der Waals surface area contributed by atoms with Crippen molar-refractivity contribution in [1.82, 2.24) is 10.6 Å². The number of amides is 1. The van der Waals surface area contributed by atoms with Gasteiger partial charge in [-0.25, -0.2) is 9.59 Å². The van der Waals surface area contributed by atoms with Crippen LogP contribution in [0.25, 0.3) is 0 Å². The molecule has 1 aromatic carbocycles. The molecule has 24 heavy (non-hydrogen) atoms. The number of carboxylic acid groups (broad SMARTS) is 1. The second kappa shape index (κ2) is 8.68. The van der Waals surface area contributed by atoms with E-state index < -0.39 is 17.7 Å². The Balaban J connectivity index is 2.51. The summed E-state index contributed by atoms with van der Waals surface area (Å²) in [7, 11) is 0. The highest BCUT2D eigenvalue weighted by molar-refractivity contribution is 5.87. The molecule has 0 bridgehead atoms. The van der Waals surface area contributed by atoms with Crippen molar-refractivity contribution in [2.75, 3.05) is 6.54 Å². The van der Waals surface area contributed by atoms with E-state index in [4.69, 9.17) is 9.84 Å². The van der Waals surface area contributed by atoms with Crippen LogP contribution in [0, 0.1) is 5.92 Å². The van der Waals surface area contributed by atoms with Crippen molar-refractivity contribution in [3.63, 3.8) is 0 Å². The Kier molecular flexibility index (Phi) is 7.22. The summed E-state index contributed by atoms with van der Waals surface area (Å²) in [5.74, 6) is -0.616. The first-order valence-electron chi connectivity index (χ1n) is 8.11. The number of carboxylic acids is 1. The fourth-order valence-corrected chi connectivity index (χ4v) is 2.07. The number of rotatable bonds is 7. The molecule has 1 amide bonds. The highest BCUT2D eigenvalue weighted by Crippen LogP contribution is 2.08. The van der Waals surface area contributed by atoms with Crippen molar-refractivity contribution in [2.24, 2.45) is 5.92 Å². The predicted octanol–water partition coefficient (Wildman–Crippen LogP) is 3.02. The molecule has 134 valence electrons. The van der Waals surface area contributed by atoms with Gasteiger partial charge in [-0.1, -0.05) is 26.0 Å². The normalized spacial score (nSPS) is 12.8. The molecule has 0 aliphatic carbocycles. The molecule has 0 saturated heterocycles. The predicted molar refractivity (Wildman–Crippen MR) is 93.1 cm³/mol. The fourth-order valence-electron chi connectivity index (χ4n) is 2.07. The van der Waals surface area contributed by atoms with Crippen LogP contribution in [-0.2, 0) is 11.3 Å². The van der Waals surface area contributed by atoms with Gasteiger partial charge in [0.15, 0.2) is 0 Å². The van der Waals surface area contributed by atoms with Crippen LogP contribution in [0.15, 0.2) is 24.3 Å². The van der Waals surface area contributed by atoms with Crippen molar-refractivity contribution in [3.05, 3.63) is 35.4 Å². The van der Waals surface area contributed by atoms with Crippen molar-refractivity contribution in [3.8, 4) is 0 Å². The molecule has 0 aromatic heterocycles. The van der Waals surface area contributed by atoms with Crippen molar-refractivity contribution < 1.29 is 19.4 Å². The largest absolute Gasteiger partial charge is 0.478 e. The molecular formula is C18H28N2O4. The second-order valence-electron chi connectivity index (χ2n) is 7.12. The Morgan fingerprint density at radius 1 is 1.17 bits per heavy atom. The van der Waals surface area contributed by atoms with E-state index in [1.54, 1.807) is 24.3 Å². The molecular weight excluding hydrogens is 308 g/mol. The third kappa shape index (κ3) is 7.46. The number of carbonyl (C=O) groups is 2. The van der Waals surface area contributed by atoms with Gasteiger partial charge in [-0.05, 0) is 44.4 Å². The van der Waals surface area contributed by atoms with Crippen molar-refractivity contribution in [2.45, 2.75) is 52.8 Å². The molecule has 0 fully saturated rings. The van der Waals surface area contributed by atoms with Crippen LogP contribution in [0.1, 0.15) is 50.5 Å². The fraction of sp³-hybridized carbons (Fsp3) is 0.556. The molecule has 1 aromatic rings. The molecule has 0 spiro atoms. The van der Waals surface area contributed by atoms with Crippen LogP contribution < -0.4 is 10.6 Å². The van der Waals surface area contributed by atoms with E-state index in [-0.39, 0.29) is 11.6 Å². The van der Waals surface area contributed by atoms with Crippen LogP contribution in [0.2, 0.25) is 0 Å². The number of aromatic carboxylic acids is 1. The molecule has 1 rings (SSSR count). The quantitative estimate of drug-likeness (QED) is 0.712. The molecule has 0 radical (unpaired) electrons. The van der Waals surface area contributed by atoms with Crippen molar-refractivity contribution in [1.29, 1.82) is 0 Å². The molecule has 0 heterocycles. The van der Waals surface area contributed by atoms with E-state index in [0.29, 0.717) is 19.0 Å². The molecule has 0 saturated carbocycles. The van der Waals surface area contributed by atoms with Gasteiger partial charge in [-0.2, -0.15) is 0 Å². The third-order valence-corrected chi connectivity index (χ3v) is 3.44. The van der Waals surface area contributed by atoms with E-state index in [1.165, 1.54) is 0 Å². The van der Waals surface area contributed by atoms with E-state index in [1.807, 2.05) is 20.8 Å². The highest BCUT2D eigenvalue weighted by atomic mass is 16.6. The molecule has 0 aliphatic heterocycles. The molecule has 1 unspecified atom stereocenters. The van der Waals surface area contributed by atoms with Crippen LogP contribution in [0.3, 0.4) is 0 Å². The van der Waals surface area contributed by atoms with Gasteiger partial charge < -0.3 is 20.5 Å².